The largest absolute Gasteiger partial charge is 0.379 e. The fraction of sp³-hybridized carbons (Fsp3) is 0.480. The first-order chi connectivity index (χ1) is 14.3. The lowest BCUT2D eigenvalue weighted by molar-refractivity contribution is -0.129. The minimum atomic E-state index is -3.85. The van der Waals surface area contributed by atoms with E-state index in [0.29, 0.717) is 29.3 Å². The van der Waals surface area contributed by atoms with Gasteiger partial charge in [-0.2, -0.15) is 8.42 Å². The lowest BCUT2D eigenvalue weighted by Crippen LogP contribution is -2.42. The lowest BCUT2D eigenvalue weighted by Gasteiger charge is -2.48. The molecule has 2 saturated carbocycles. The Morgan fingerprint density at radius 1 is 1.03 bits per heavy atom. The zero-order valence-corrected chi connectivity index (χ0v) is 18.4. The number of Topliss-reactive ketones (excluding diaryl/α,β-unsaturated/α-hetero) is 1. The zero-order valence-electron chi connectivity index (χ0n) is 17.6. The summed E-state index contributed by atoms with van der Waals surface area (Å²) in [5, 5.41) is 0. The highest BCUT2D eigenvalue weighted by molar-refractivity contribution is 7.87. The smallest absolute Gasteiger partial charge is 0.339 e. The summed E-state index contributed by atoms with van der Waals surface area (Å²) in [7, 11) is -3.85. The molecule has 30 heavy (non-hydrogen) atoms. The number of hydrogen-bond acceptors (Lipinski definition) is 4. The predicted octanol–water partition coefficient (Wildman–Crippen LogP) is 5.19. The van der Waals surface area contributed by atoms with E-state index >= 15 is 0 Å². The second kappa shape index (κ2) is 6.94. The molecule has 3 aliphatic carbocycles. The summed E-state index contributed by atoms with van der Waals surface area (Å²) in [5.41, 5.74) is 3.28. The van der Waals surface area contributed by atoms with Crippen LogP contribution in [0.3, 0.4) is 0 Å². The van der Waals surface area contributed by atoms with Gasteiger partial charge in [0, 0.05) is 11.8 Å². The molecule has 2 aromatic carbocycles. The summed E-state index contributed by atoms with van der Waals surface area (Å²) in [5.74, 6) is 2.37. The van der Waals surface area contributed by atoms with Gasteiger partial charge in [-0.15, -0.1) is 0 Å². The molecule has 2 fully saturated rings. The first-order valence-electron chi connectivity index (χ1n) is 11.0. The summed E-state index contributed by atoms with van der Waals surface area (Å²) in [6.07, 6.45) is 5.76. The van der Waals surface area contributed by atoms with Crippen molar-refractivity contribution < 1.29 is 17.4 Å². The van der Waals surface area contributed by atoms with Crippen LogP contribution in [0.15, 0.2) is 47.4 Å². The van der Waals surface area contributed by atoms with Crippen LogP contribution in [0.25, 0.3) is 0 Å². The van der Waals surface area contributed by atoms with E-state index in [9.17, 15) is 13.2 Å². The van der Waals surface area contributed by atoms with Crippen LogP contribution in [0, 0.1) is 24.2 Å². The van der Waals surface area contributed by atoms with Gasteiger partial charge in [0.05, 0.1) is 0 Å². The summed E-state index contributed by atoms with van der Waals surface area (Å²) in [4.78, 5) is 12.7. The van der Waals surface area contributed by atoms with Gasteiger partial charge in [-0.05, 0) is 97.7 Å². The van der Waals surface area contributed by atoms with Crippen molar-refractivity contribution >= 4 is 15.9 Å². The molecule has 0 spiro atoms. The Balaban J connectivity index is 1.41. The minimum absolute atomic E-state index is 0.121. The molecular formula is C25H28O4S. The van der Waals surface area contributed by atoms with E-state index in [0.717, 1.165) is 44.1 Å². The molecule has 0 aromatic heterocycles. The SMILES string of the molecule is Cc1cccc(S(=O)(=O)Oc2ccc3c(c2)CC[C@@H]2[C@@H]3CC[C@]3(C)C(=O)CC[C@@H]23)c1. The molecule has 4 atom stereocenters. The molecule has 0 N–H and O–H groups in total. The van der Waals surface area contributed by atoms with Gasteiger partial charge in [0.1, 0.15) is 16.4 Å². The third kappa shape index (κ3) is 3.09. The quantitative estimate of drug-likeness (QED) is 0.637. The molecule has 2 aromatic rings. The van der Waals surface area contributed by atoms with Gasteiger partial charge in [0.25, 0.3) is 0 Å². The molecule has 158 valence electrons. The molecule has 0 aliphatic heterocycles. The van der Waals surface area contributed by atoms with Crippen molar-refractivity contribution in [3.05, 3.63) is 59.2 Å². The first-order valence-corrected chi connectivity index (χ1v) is 12.4. The Hall–Kier alpha value is -2.14. The van der Waals surface area contributed by atoms with Crippen molar-refractivity contribution in [3.8, 4) is 5.75 Å². The van der Waals surface area contributed by atoms with Gasteiger partial charge >= 0.3 is 10.1 Å². The van der Waals surface area contributed by atoms with Gasteiger partial charge in [0.2, 0.25) is 0 Å². The van der Waals surface area contributed by atoms with Gasteiger partial charge in [-0.25, -0.2) is 0 Å². The average molecular weight is 425 g/mol. The first kappa shape index (κ1) is 19.8. The van der Waals surface area contributed by atoms with Crippen molar-refractivity contribution in [2.24, 2.45) is 17.3 Å². The molecule has 0 amide bonds. The van der Waals surface area contributed by atoms with Crippen LogP contribution in [0.5, 0.6) is 5.75 Å². The highest BCUT2D eigenvalue weighted by atomic mass is 32.2. The average Bonchev–Trinajstić information content (AvgIpc) is 3.02. The van der Waals surface area contributed by atoms with E-state index in [1.54, 1.807) is 24.3 Å². The van der Waals surface area contributed by atoms with E-state index in [1.807, 2.05) is 19.1 Å². The summed E-state index contributed by atoms with van der Waals surface area (Å²) in [6.45, 7) is 4.05. The van der Waals surface area contributed by atoms with Crippen LogP contribution in [0.2, 0.25) is 0 Å². The zero-order chi connectivity index (χ0) is 21.1. The molecular weight excluding hydrogens is 396 g/mol. The molecule has 5 rings (SSSR count). The maximum absolute atomic E-state index is 12.7. The van der Waals surface area contributed by atoms with Crippen molar-refractivity contribution in [2.45, 2.75) is 63.2 Å². The fourth-order valence-corrected chi connectivity index (χ4v) is 7.36. The lowest BCUT2D eigenvalue weighted by atomic mass is 9.55. The summed E-state index contributed by atoms with van der Waals surface area (Å²) >= 11 is 0. The molecule has 0 saturated heterocycles. The standard InChI is InChI=1S/C25H28O4S/c1-16-4-3-5-19(14-16)30(27,28)29-18-7-9-20-17(15-18)6-8-22-21(20)12-13-25(2)23(22)10-11-24(25)26/h3-5,7,9,14-15,21-23H,6,8,10-13H2,1-2H3/t21-,22-,23+,25+/m1/s1. The number of carbonyl (C=O) groups is 1. The Morgan fingerprint density at radius 2 is 1.87 bits per heavy atom. The monoisotopic (exact) mass is 424 g/mol. The van der Waals surface area contributed by atoms with Crippen molar-refractivity contribution in [3.63, 3.8) is 0 Å². The van der Waals surface area contributed by atoms with Gasteiger partial charge < -0.3 is 4.18 Å². The predicted molar refractivity (Wildman–Crippen MR) is 115 cm³/mol. The number of fused-ring (bicyclic) bond motifs is 5. The van der Waals surface area contributed by atoms with Crippen molar-refractivity contribution in [2.75, 3.05) is 0 Å². The van der Waals surface area contributed by atoms with Crippen LogP contribution < -0.4 is 4.18 Å². The minimum Gasteiger partial charge on any atom is -0.379 e. The van der Waals surface area contributed by atoms with E-state index in [-0.39, 0.29) is 10.3 Å². The Kier molecular flexibility index (Phi) is 4.58. The van der Waals surface area contributed by atoms with Crippen molar-refractivity contribution in [1.29, 1.82) is 0 Å². The Labute approximate surface area is 178 Å². The maximum atomic E-state index is 12.7. The van der Waals surface area contributed by atoms with E-state index in [1.165, 1.54) is 11.1 Å². The summed E-state index contributed by atoms with van der Waals surface area (Å²) in [6, 6.07) is 12.5. The van der Waals surface area contributed by atoms with E-state index in [4.69, 9.17) is 4.18 Å². The van der Waals surface area contributed by atoms with E-state index in [2.05, 4.69) is 13.0 Å². The number of rotatable bonds is 3. The van der Waals surface area contributed by atoms with Gasteiger partial charge in [0.15, 0.2) is 0 Å². The molecule has 0 radical (unpaired) electrons. The number of aryl methyl sites for hydroxylation is 2. The molecule has 0 heterocycles. The van der Waals surface area contributed by atoms with E-state index < -0.39 is 10.1 Å². The van der Waals surface area contributed by atoms with Crippen LogP contribution in [0.4, 0.5) is 0 Å². The number of hydrogen-bond donors (Lipinski definition) is 0. The second-order valence-corrected chi connectivity index (χ2v) is 11.1. The van der Waals surface area contributed by atoms with Crippen LogP contribution >= 0.6 is 0 Å². The van der Waals surface area contributed by atoms with Crippen molar-refractivity contribution in [1.82, 2.24) is 0 Å². The molecule has 0 unspecified atom stereocenters. The molecule has 4 nitrogen and oxygen atoms in total. The molecule has 3 aliphatic rings. The number of benzene rings is 2. The highest BCUT2D eigenvalue weighted by Gasteiger charge is 2.54. The van der Waals surface area contributed by atoms with Gasteiger partial charge in [-0.1, -0.05) is 25.1 Å². The second-order valence-electron chi connectivity index (χ2n) is 9.55. The highest BCUT2D eigenvalue weighted by Crippen LogP contribution is 2.59. The molecule has 0 bridgehead atoms. The third-order valence-corrected chi connectivity index (χ3v) is 9.13. The number of carbonyl (C=O) groups excluding carboxylic acids is 1. The Bertz CT molecular complexity index is 1120. The van der Waals surface area contributed by atoms with Crippen LogP contribution in [-0.2, 0) is 21.3 Å². The third-order valence-electron chi connectivity index (χ3n) is 7.89. The maximum Gasteiger partial charge on any atom is 0.339 e. The summed E-state index contributed by atoms with van der Waals surface area (Å²) < 4.78 is 30.8. The topological polar surface area (TPSA) is 60.4 Å². The normalized spacial score (nSPS) is 30.3. The van der Waals surface area contributed by atoms with Gasteiger partial charge in [-0.3, -0.25) is 4.79 Å². The Morgan fingerprint density at radius 3 is 2.67 bits per heavy atom. The van der Waals surface area contributed by atoms with Crippen LogP contribution in [0.1, 0.15) is 61.6 Å². The fourth-order valence-electron chi connectivity index (χ4n) is 6.33. The number of ketones is 1. The van der Waals surface area contributed by atoms with Crippen LogP contribution in [-0.4, -0.2) is 14.2 Å². The molecule has 5 heteroatoms.